The van der Waals surface area contributed by atoms with Crippen molar-refractivity contribution in [2.75, 3.05) is 4.90 Å². The van der Waals surface area contributed by atoms with Crippen LogP contribution in [-0.2, 0) is 0 Å². The van der Waals surface area contributed by atoms with Crippen molar-refractivity contribution in [3.63, 3.8) is 0 Å². The maximum absolute atomic E-state index is 13.7. The van der Waals surface area contributed by atoms with Crippen molar-refractivity contribution in [3.8, 4) is 5.75 Å². The number of carbonyl (C=O) groups excluding carboxylic acids is 1. The van der Waals surface area contributed by atoms with Crippen molar-refractivity contribution >= 4 is 55.2 Å². The van der Waals surface area contributed by atoms with Crippen LogP contribution in [0.25, 0.3) is 21.2 Å². The number of halogens is 1. The number of hydrogen-bond donors (Lipinski definition) is 1. The molecule has 5 aromatic rings. The van der Waals surface area contributed by atoms with E-state index in [2.05, 4.69) is 0 Å². The summed E-state index contributed by atoms with van der Waals surface area (Å²) in [4.78, 5) is 33.7. The van der Waals surface area contributed by atoms with Crippen LogP contribution in [0, 0.1) is 13.8 Å². The Kier molecular flexibility index (Phi) is 4.56. The Hall–Kier alpha value is -3.68. The van der Waals surface area contributed by atoms with E-state index in [1.165, 1.54) is 22.3 Å². The van der Waals surface area contributed by atoms with Crippen LogP contribution in [0.2, 0.25) is 5.02 Å². The van der Waals surface area contributed by atoms with Gasteiger partial charge in [0.2, 0.25) is 5.76 Å². The van der Waals surface area contributed by atoms with Gasteiger partial charge in [0.05, 0.1) is 27.2 Å². The van der Waals surface area contributed by atoms with Gasteiger partial charge in [-0.3, -0.25) is 14.5 Å². The Balaban J connectivity index is 1.66. The quantitative estimate of drug-likeness (QED) is 0.323. The van der Waals surface area contributed by atoms with Gasteiger partial charge in [-0.05, 0) is 66.9 Å². The van der Waals surface area contributed by atoms with E-state index in [1.54, 1.807) is 36.4 Å². The number of thiazole rings is 1. The summed E-state index contributed by atoms with van der Waals surface area (Å²) in [7, 11) is 0. The van der Waals surface area contributed by atoms with Gasteiger partial charge in [0.1, 0.15) is 11.3 Å². The largest absolute Gasteiger partial charge is 0.508 e. The molecular weight excluding hydrogens is 472 g/mol. The molecule has 6 nitrogen and oxygen atoms in total. The molecule has 1 amide bonds. The van der Waals surface area contributed by atoms with Crippen LogP contribution in [0.4, 0.5) is 5.13 Å². The standard InChI is InChI=1S/C26H17ClN2O4S/c1-12-8-13(2)21-19(9-12)34-26(28-21)29-22(14-4-3-5-16(30)10-14)20-23(31)17-11-15(27)6-7-18(17)33-24(20)25(29)32/h3-11,22,30H,1-2H3/t22-/m1/s1. The highest BCUT2D eigenvalue weighted by Crippen LogP contribution is 2.44. The minimum absolute atomic E-state index is 0.0275. The average molecular weight is 489 g/mol. The van der Waals surface area contributed by atoms with E-state index in [1.807, 2.05) is 26.0 Å². The van der Waals surface area contributed by atoms with Crippen LogP contribution in [0.5, 0.6) is 5.75 Å². The number of phenolic OH excluding ortho intramolecular Hbond substituents is 1. The number of rotatable bonds is 2. The first kappa shape index (κ1) is 20.9. The van der Waals surface area contributed by atoms with Crippen LogP contribution in [0.3, 0.4) is 0 Å². The topological polar surface area (TPSA) is 83.6 Å². The van der Waals surface area contributed by atoms with E-state index < -0.39 is 11.9 Å². The van der Waals surface area contributed by atoms with Gasteiger partial charge in [-0.25, -0.2) is 4.98 Å². The SMILES string of the molecule is Cc1cc(C)c2nc(N3C(=O)c4oc5ccc(Cl)cc5c(=O)c4[C@H]3c3cccc(O)c3)sc2c1. The number of carbonyl (C=O) groups is 1. The van der Waals surface area contributed by atoms with Crippen molar-refractivity contribution in [1.82, 2.24) is 4.98 Å². The minimum Gasteiger partial charge on any atom is -0.508 e. The van der Waals surface area contributed by atoms with Crippen molar-refractivity contribution in [3.05, 3.63) is 97.9 Å². The smallest absolute Gasteiger partial charge is 0.297 e. The molecule has 0 spiro atoms. The third kappa shape index (κ3) is 3.04. The summed E-state index contributed by atoms with van der Waals surface area (Å²) >= 11 is 7.52. The van der Waals surface area contributed by atoms with Crippen molar-refractivity contribution in [2.24, 2.45) is 0 Å². The molecule has 1 N–H and O–H groups in total. The Morgan fingerprint density at radius 3 is 2.71 bits per heavy atom. The molecule has 0 radical (unpaired) electrons. The highest BCUT2D eigenvalue weighted by molar-refractivity contribution is 7.22. The molecule has 0 bridgehead atoms. The summed E-state index contributed by atoms with van der Waals surface area (Å²) in [6, 6.07) is 14.5. The number of fused-ring (bicyclic) bond motifs is 3. The Labute approximate surface area is 202 Å². The second kappa shape index (κ2) is 7.41. The number of phenols is 1. The summed E-state index contributed by atoms with van der Waals surface area (Å²) < 4.78 is 6.91. The number of anilines is 1. The van der Waals surface area contributed by atoms with Crippen molar-refractivity contribution in [2.45, 2.75) is 19.9 Å². The van der Waals surface area contributed by atoms with Crippen LogP contribution in [0.15, 0.2) is 63.8 Å². The zero-order valence-corrected chi connectivity index (χ0v) is 19.7. The lowest BCUT2D eigenvalue weighted by atomic mass is 9.98. The lowest BCUT2D eigenvalue weighted by molar-refractivity contribution is 0.0971. The van der Waals surface area contributed by atoms with Gasteiger partial charge in [0.25, 0.3) is 5.91 Å². The average Bonchev–Trinajstić information content (AvgIpc) is 3.33. The molecule has 1 atom stereocenters. The fourth-order valence-corrected chi connectivity index (χ4v) is 5.96. The van der Waals surface area contributed by atoms with E-state index in [0.717, 1.165) is 21.3 Å². The lowest BCUT2D eigenvalue weighted by Crippen LogP contribution is -2.29. The Bertz CT molecular complexity index is 1720. The number of nitrogens with zero attached hydrogens (tertiary/aromatic N) is 2. The molecular formula is C26H17ClN2O4S. The number of aryl methyl sites for hydroxylation is 2. The van der Waals surface area contributed by atoms with Gasteiger partial charge < -0.3 is 9.52 Å². The number of aromatic hydroxyl groups is 1. The van der Waals surface area contributed by atoms with E-state index in [0.29, 0.717) is 21.1 Å². The summed E-state index contributed by atoms with van der Waals surface area (Å²) in [6.07, 6.45) is 0. The molecule has 6 rings (SSSR count). The normalized spacial score (nSPS) is 15.4. The van der Waals surface area contributed by atoms with Gasteiger partial charge in [0, 0.05) is 5.02 Å². The van der Waals surface area contributed by atoms with Gasteiger partial charge >= 0.3 is 0 Å². The summed E-state index contributed by atoms with van der Waals surface area (Å²) in [5, 5.41) is 11.3. The van der Waals surface area contributed by atoms with Crippen LogP contribution in [-0.4, -0.2) is 16.0 Å². The first-order chi connectivity index (χ1) is 16.3. The zero-order valence-electron chi connectivity index (χ0n) is 18.1. The van der Waals surface area contributed by atoms with Crippen molar-refractivity contribution in [1.29, 1.82) is 0 Å². The lowest BCUT2D eigenvalue weighted by Gasteiger charge is -2.22. The maximum atomic E-state index is 13.7. The highest BCUT2D eigenvalue weighted by Gasteiger charge is 2.45. The van der Waals surface area contributed by atoms with Gasteiger partial charge in [0.15, 0.2) is 10.6 Å². The van der Waals surface area contributed by atoms with E-state index in [9.17, 15) is 14.7 Å². The molecule has 34 heavy (non-hydrogen) atoms. The Morgan fingerprint density at radius 2 is 1.91 bits per heavy atom. The molecule has 0 saturated heterocycles. The summed E-state index contributed by atoms with van der Waals surface area (Å²) in [5.74, 6) is -0.451. The highest BCUT2D eigenvalue weighted by atomic mass is 35.5. The van der Waals surface area contributed by atoms with E-state index in [4.69, 9.17) is 21.0 Å². The molecule has 0 aliphatic carbocycles. The molecule has 3 heterocycles. The Morgan fingerprint density at radius 1 is 1.09 bits per heavy atom. The molecule has 0 unspecified atom stereocenters. The van der Waals surface area contributed by atoms with Crippen LogP contribution in [0.1, 0.15) is 38.9 Å². The second-order valence-corrected chi connectivity index (χ2v) is 9.86. The second-order valence-electron chi connectivity index (χ2n) is 8.41. The molecule has 8 heteroatoms. The first-order valence-electron chi connectivity index (χ1n) is 10.6. The molecule has 0 saturated carbocycles. The van der Waals surface area contributed by atoms with Crippen LogP contribution >= 0.6 is 22.9 Å². The monoisotopic (exact) mass is 488 g/mol. The third-order valence-corrected chi connectivity index (χ3v) is 7.28. The predicted octanol–water partition coefficient (Wildman–Crippen LogP) is 6.13. The third-order valence-electron chi connectivity index (χ3n) is 6.04. The maximum Gasteiger partial charge on any atom is 0.297 e. The van der Waals surface area contributed by atoms with Gasteiger partial charge in [-0.1, -0.05) is 41.1 Å². The number of hydrogen-bond acceptors (Lipinski definition) is 6. The summed E-state index contributed by atoms with van der Waals surface area (Å²) in [6.45, 7) is 3.99. The minimum atomic E-state index is -0.809. The molecule has 168 valence electrons. The van der Waals surface area contributed by atoms with Crippen LogP contribution < -0.4 is 10.3 Å². The van der Waals surface area contributed by atoms with Gasteiger partial charge in [-0.15, -0.1) is 0 Å². The predicted molar refractivity (Wildman–Crippen MR) is 133 cm³/mol. The fourth-order valence-electron chi connectivity index (χ4n) is 4.61. The number of amides is 1. The number of aromatic nitrogens is 1. The molecule has 0 fully saturated rings. The summed E-state index contributed by atoms with van der Waals surface area (Å²) in [5.41, 5.74) is 3.64. The molecule has 3 aromatic carbocycles. The van der Waals surface area contributed by atoms with Crippen molar-refractivity contribution < 1.29 is 14.3 Å². The zero-order chi connectivity index (χ0) is 23.7. The molecule has 2 aromatic heterocycles. The van der Waals surface area contributed by atoms with E-state index in [-0.39, 0.29) is 28.1 Å². The molecule has 1 aliphatic rings. The van der Waals surface area contributed by atoms with E-state index >= 15 is 0 Å². The first-order valence-corrected chi connectivity index (χ1v) is 11.8. The fraction of sp³-hybridized carbons (Fsp3) is 0.115. The molecule has 1 aliphatic heterocycles. The van der Waals surface area contributed by atoms with Gasteiger partial charge in [-0.2, -0.15) is 0 Å². The number of benzene rings is 3.